The molecule has 0 unspecified atom stereocenters. The zero-order chi connectivity index (χ0) is 14.7. The van der Waals surface area contributed by atoms with Crippen molar-refractivity contribution in [3.63, 3.8) is 0 Å². The average molecular weight is 297 g/mol. The van der Waals surface area contributed by atoms with E-state index in [9.17, 15) is 4.79 Å². The van der Waals surface area contributed by atoms with Gasteiger partial charge in [-0.3, -0.25) is 4.79 Å². The molecule has 0 aromatic carbocycles. The first-order valence-corrected chi connectivity index (χ1v) is 7.35. The maximum absolute atomic E-state index is 12.6. The molecule has 0 saturated heterocycles. The highest BCUT2D eigenvalue weighted by atomic mass is 35.5. The Labute approximate surface area is 124 Å². The van der Waals surface area contributed by atoms with Crippen molar-refractivity contribution in [2.75, 3.05) is 12.0 Å². The van der Waals surface area contributed by atoms with Gasteiger partial charge in [0.1, 0.15) is 11.5 Å². The van der Waals surface area contributed by atoms with Crippen LogP contribution in [0.15, 0.2) is 12.1 Å². The Bertz CT molecular complexity index is 488. The summed E-state index contributed by atoms with van der Waals surface area (Å²) in [7, 11) is 0. The molecule has 1 aromatic rings. The first-order chi connectivity index (χ1) is 9.52. The molecule has 0 bridgehead atoms. The molecule has 0 aliphatic heterocycles. The maximum atomic E-state index is 12.6. The number of nitrogen functional groups attached to an aromatic ring is 1. The lowest BCUT2D eigenvalue weighted by Crippen LogP contribution is -2.35. The molecule has 0 atom stereocenters. The number of nitrogens with zero attached hydrogens (tertiary/aromatic N) is 2. The lowest BCUT2D eigenvalue weighted by molar-refractivity contribution is 0.0730. The highest BCUT2D eigenvalue weighted by molar-refractivity contribution is 6.33. The van der Waals surface area contributed by atoms with E-state index in [-0.39, 0.29) is 11.6 Å². The number of nitrogens with one attached hydrogen (secondary N) is 1. The fourth-order valence-electron chi connectivity index (χ4n) is 2.04. The van der Waals surface area contributed by atoms with Gasteiger partial charge in [0.25, 0.3) is 5.91 Å². The summed E-state index contributed by atoms with van der Waals surface area (Å²) in [5.74, 6) is 6.24. The van der Waals surface area contributed by atoms with Gasteiger partial charge in [-0.05, 0) is 37.3 Å². The predicted octanol–water partition coefficient (Wildman–Crippen LogP) is 2.67. The van der Waals surface area contributed by atoms with Crippen molar-refractivity contribution in [2.24, 2.45) is 11.8 Å². The number of halogens is 1. The molecule has 1 amide bonds. The van der Waals surface area contributed by atoms with E-state index in [1.807, 2.05) is 4.90 Å². The summed E-state index contributed by atoms with van der Waals surface area (Å²) < 4.78 is 0. The van der Waals surface area contributed by atoms with E-state index in [4.69, 9.17) is 17.4 Å². The lowest BCUT2D eigenvalue weighted by Gasteiger charge is -2.23. The van der Waals surface area contributed by atoms with E-state index < -0.39 is 0 Å². The third kappa shape index (κ3) is 3.61. The van der Waals surface area contributed by atoms with Gasteiger partial charge < -0.3 is 10.3 Å². The molecule has 2 rings (SSSR count). The van der Waals surface area contributed by atoms with E-state index in [2.05, 4.69) is 24.3 Å². The van der Waals surface area contributed by atoms with E-state index in [0.29, 0.717) is 22.8 Å². The van der Waals surface area contributed by atoms with Crippen molar-refractivity contribution in [1.29, 1.82) is 0 Å². The molecule has 1 aromatic heterocycles. The summed E-state index contributed by atoms with van der Waals surface area (Å²) in [6.07, 6.45) is 3.11. The summed E-state index contributed by atoms with van der Waals surface area (Å²) in [6.45, 7) is 5.05. The third-order valence-corrected chi connectivity index (χ3v) is 3.70. The van der Waals surface area contributed by atoms with Gasteiger partial charge in [-0.15, -0.1) is 0 Å². The van der Waals surface area contributed by atoms with E-state index >= 15 is 0 Å². The van der Waals surface area contributed by atoms with Crippen LogP contribution in [0.4, 0.5) is 5.82 Å². The van der Waals surface area contributed by atoms with Crippen LogP contribution in [0.1, 0.15) is 43.6 Å². The number of carbonyl (C=O) groups excluding carboxylic acids is 1. The van der Waals surface area contributed by atoms with Crippen molar-refractivity contribution in [3.05, 3.63) is 22.8 Å². The monoisotopic (exact) mass is 296 g/mol. The van der Waals surface area contributed by atoms with Gasteiger partial charge in [-0.1, -0.05) is 25.4 Å². The van der Waals surface area contributed by atoms with Gasteiger partial charge in [-0.25, -0.2) is 10.8 Å². The van der Waals surface area contributed by atoms with Crippen LogP contribution in [0, 0.1) is 5.92 Å². The molecule has 1 fully saturated rings. The van der Waals surface area contributed by atoms with Crippen molar-refractivity contribution in [2.45, 2.75) is 39.2 Å². The van der Waals surface area contributed by atoms with Gasteiger partial charge in [0.15, 0.2) is 0 Å². The van der Waals surface area contributed by atoms with Crippen molar-refractivity contribution < 1.29 is 4.79 Å². The maximum Gasteiger partial charge on any atom is 0.274 e. The third-order valence-electron chi connectivity index (χ3n) is 3.39. The molecule has 1 heterocycles. The molecule has 0 spiro atoms. The molecule has 1 aliphatic rings. The van der Waals surface area contributed by atoms with Gasteiger partial charge in [0.2, 0.25) is 0 Å². The Morgan fingerprint density at radius 3 is 2.80 bits per heavy atom. The summed E-state index contributed by atoms with van der Waals surface area (Å²) in [5.41, 5.74) is 2.72. The number of aromatic nitrogens is 1. The normalized spacial score (nSPS) is 14.4. The van der Waals surface area contributed by atoms with Crippen LogP contribution >= 0.6 is 11.6 Å². The van der Waals surface area contributed by atoms with Crippen LogP contribution in [0.3, 0.4) is 0 Å². The Morgan fingerprint density at radius 2 is 2.25 bits per heavy atom. The van der Waals surface area contributed by atoms with Crippen LogP contribution in [0.5, 0.6) is 0 Å². The Kier molecular flexibility index (Phi) is 4.83. The zero-order valence-corrected chi connectivity index (χ0v) is 12.7. The number of nitrogens with two attached hydrogens (primary N) is 1. The fourth-order valence-corrected chi connectivity index (χ4v) is 2.23. The molecule has 110 valence electrons. The first kappa shape index (κ1) is 15.1. The quantitative estimate of drug-likeness (QED) is 0.625. The number of pyridine rings is 1. The molecule has 0 radical (unpaired) electrons. The van der Waals surface area contributed by atoms with E-state index in [1.54, 1.807) is 12.1 Å². The van der Waals surface area contributed by atoms with Crippen LogP contribution in [0.2, 0.25) is 5.02 Å². The number of hydrogen-bond donors (Lipinski definition) is 2. The van der Waals surface area contributed by atoms with Crippen LogP contribution in [0.25, 0.3) is 0 Å². The Morgan fingerprint density at radius 1 is 1.55 bits per heavy atom. The highest BCUT2D eigenvalue weighted by Gasteiger charge is 2.34. The minimum atomic E-state index is -0.102. The average Bonchev–Trinajstić information content (AvgIpc) is 3.23. The van der Waals surface area contributed by atoms with Crippen LogP contribution < -0.4 is 11.3 Å². The summed E-state index contributed by atoms with van der Waals surface area (Å²) in [4.78, 5) is 18.7. The molecular weight excluding hydrogens is 276 g/mol. The molecule has 5 nitrogen and oxygen atoms in total. The predicted molar refractivity (Wildman–Crippen MR) is 80.6 cm³/mol. The van der Waals surface area contributed by atoms with Gasteiger partial charge in [0.05, 0.1) is 5.02 Å². The van der Waals surface area contributed by atoms with Crippen molar-refractivity contribution in [3.8, 4) is 0 Å². The largest absolute Gasteiger partial charge is 0.334 e. The van der Waals surface area contributed by atoms with Crippen molar-refractivity contribution >= 4 is 23.3 Å². The second-order valence-corrected chi connectivity index (χ2v) is 5.99. The second kappa shape index (κ2) is 6.41. The van der Waals surface area contributed by atoms with Gasteiger partial charge >= 0.3 is 0 Å². The minimum Gasteiger partial charge on any atom is -0.334 e. The van der Waals surface area contributed by atoms with E-state index in [0.717, 1.165) is 25.8 Å². The summed E-state index contributed by atoms with van der Waals surface area (Å²) in [6, 6.07) is 3.63. The molecular formula is C14H21ClN4O. The standard InChI is InChI=1S/C14H21ClN4O/c1-9(2)7-8-19(10-3-4-10)14(20)13-11(15)5-6-12(17-13)18-16/h5-6,9-10H,3-4,7-8,16H2,1-2H3,(H,17,18). The molecule has 3 N–H and O–H groups in total. The number of amides is 1. The van der Waals surface area contributed by atoms with Gasteiger partial charge in [-0.2, -0.15) is 0 Å². The molecule has 20 heavy (non-hydrogen) atoms. The number of hydrazine groups is 1. The SMILES string of the molecule is CC(C)CCN(C(=O)c1nc(NN)ccc1Cl)C1CC1. The van der Waals surface area contributed by atoms with Gasteiger partial charge in [0, 0.05) is 12.6 Å². The number of hydrogen-bond acceptors (Lipinski definition) is 4. The smallest absolute Gasteiger partial charge is 0.274 e. The molecule has 1 aliphatic carbocycles. The highest BCUT2D eigenvalue weighted by Crippen LogP contribution is 2.30. The van der Waals surface area contributed by atoms with Crippen LogP contribution in [-0.4, -0.2) is 28.4 Å². The summed E-state index contributed by atoms with van der Waals surface area (Å²) in [5, 5.41) is 0.365. The number of rotatable bonds is 6. The molecule has 6 heteroatoms. The minimum absolute atomic E-state index is 0.102. The number of carbonyl (C=O) groups is 1. The number of anilines is 1. The zero-order valence-electron chi connectivity index (χ0n) is 11.9. The lowest BCUT2D eigenvalue weighted by atomic mass is 10.1. The van der Waals surface area contributed by atoms with Crippen molar-refractivity contribution in [1.82, 2.24) is 9.88 Å². The fraction of sp³-hybridized carbons (Fsp3) is 0.571. The first-order valence-electron chi connectivity index (χ1n) is 6.97. The van der Waals surface area contributed by atoms with E-state index in [1.165, 1.54) is 0 Å². The second-order valence-electron chi connectivity index (χ2n) is 5.58. The Balaban J connectivity index is 2.18. The molecule has 1 saturated carbocycles. The Hall–Kier alpha value is -1.33. The summed E-state index contributed by atoms with van der Waals surface area (Å²) >= 11 is 6.10. The topological polar surface area (TPSA) is 71.2 Å². The van der Waals surface area contributed by atoms with Crippen LogP contribution in [-0.2, 0) is 0 Å².